The van der Waals surface area contributed by atoms with Crippen molar-refractivity contribution in [2.24, 2.45) is 0 Å². The van der Waals surface area contributed by atoms with Gasteiger partial charge in [-0.15, -0.1) is 11.8 Å². The van der Waals surface area contributed by atoms with Crippen LogP contribution in [0.25, 0.3) is 0 Å². The molecule has 0 fully saturated rings. The Bertz CT molecular complexity index is 854. The number of thioether (sulfide) groups is 1. The van der Waals surface area contributed by atoms with E-state index >= 15 is 0 Å². The van der Waals surface area contributed by atoms with E-state index in [2.05, 4.69) is 36.5 Å². The summed E-state index contributed by atoms with van der Waals surface area (Å²) < 4.78 is 5.31. The van der Waals surface area contributed by atoms with Crippen molar-refractivity contribution < 1.29 is 14.3 Å². The van der Waals surface area contributed by atoms with Crippen molar-refractivity contribution in [1.82, 2.24) is 10.2 Å². The number of nitrogens with one attached hydrogen (secondary N) is 1. The summed E-state index contributed by atoms with van der Waals surface area (Å²) in [5.74, 6) is 1.63. The fourth-order valence-electron chi connectivity index (χ4n) is 3.04. The summed E-state index contributed by atoms with van der Waals surface area (Å²) in [7, 11) is 1.62. The summed E-state index contributed by atoms with van der Waals surface area (Å²) >= 11 is 1.57. The monoisotopic (exact) mass is 442 g/mol. The second-order valence-corrected chi connectivity index (χ2v) is 8.83. The summed E-state index contributed by atoms with van der Waals surface area (Å²) in [6.45, 7) is 8.20. The molecule has 2 amide bonds. The summed E-state index contributed by atoms with van der Waals surface area (Å²) in [5, 5.41) is 3.00. The first-order chi connectivity index (χ1) is 14.8. The van der Waals surface area contributed by atoms with Gasteiger partial charge >= 0.3 is 0 Å². The standard InChI is InChI=1S/C25H34N2O3S/c1-6-19(3)26-25(29)20(4)27(15-22-8-7-9-23(14-22)30-5)24(28)17-31-16-21-12-10-18(2)11-13-21/h7-14,19-20H,6,15-17H2,1-5H3,(H,26,29)/t19-,20+/m0/s1. The molecule has 0 aromatic heterocycles. The molecule has 2 aromatic rings. The average Bonchev–Trinajstić information content (AvgIpc) is 2.78. The predicted molar refractivity (Wildman–Crippen MR) is 128 cm³/mol. The minimum Gasteiger partial charge on any atom is -0.497 e. The Hall–Kier alpha value is -2.47. The predicted octanol–water partition coefficient (Wildman–Crippen LogP) is 4.57. The van der Waals surface area contributed by atoms with Gasteiger partial charge in [0.1, 0.15) is 11.8 Å². The van der Waals surface area contributed by atoms with E-state index < -0.39 is 6.04 Å². The number of rotatable bonds is 11. The van der Waals surface area contributed by atoms with Crippen LogP contribution in [0.2, 0.25) is 0 Å². The number of ether oxygens (including phenoxy) is 1. The van der Waals surface area contributed by atoms with Crippen molar-refractivity contribution in [1.29, 1.82) is 0 Å². The molecular formula is C25H34N2O3S. The number of carbonyl (C=O) groups excluding carboxylic acids is 2. The molecule has 0 aliphatic heterocycles. The summed E-state index contributed by atoms with van der Waals surface area (Å²) in [4.78, 5) is 27.6. The molecule has 0 aliphatic rings. The lowest BCUT2D eigenvalue weighted by Gasteiger charge is -2.29. The van der Waals surface area contributed by atoms with Crippen LogP contribution in [0.3, 0.4) is 0 Å². The smallest absolute Gasteiger partial charge is 0.242 e. The van der Waals surface area contributed by atoms with E-state index in [9.17, 15) is 9.59 Å². The Morgan fingerprint density at radius 2 is 1.81 bits per heavy atom. The largest absolute Gasteiger partial charge is 0.497 e. The molecule has 2 aromatic carbocycles. The third-order valence-electron chi connectivity index (χ3n) is 5.27. The Morgan fingerprint density at radius 1 is 1.10 bits per heavy atom. The molecule has 0 bridgehead atoms. The molecule has 0 spiro atoms. The molecule has 0 heterocycles. The van der Waals surface area contributed by atoms with Gasteiger partial charge in [0.2, 0.25) is 11.8 Å². The highest BCUT2D eigenvalue weighted by Gasteiger charge is 2.26. The number of amides is 2. The van der Waals surface area contributed by atoms with Crippen LogP contribution in [0.5, 0.6) is 5.75 Å². The van der Waals surface area contributed by atoms with Crippen LogP contribution in [0.1, 0.15) is 43.9 Å². The molecule has 6 heteroatoms. The Balaban J connectivity index is 2.09. The molecule has 0 aliphatic carbocycles. The molecule has 5 nitrogen and oxygen atoms in total. The van der Waals surface area contributed by atoms with Gasteiger partial charge in [-0.1, -0.05) is 48.9 Å². The van der Waals surface area contributed by atoms with E-state index in [0.29, 0.717) is 12.3 Å². The molecule has 31 heavy (non-hydrogen) atoms. The first-order valence-corrected chi connectivity index (χ1v) is 11.9. The summed E-state index contributed by atoms with van der Waals surface area (Å²) in [6.07, 6.45) is 0.842. The fourth-order valence-corrected chi connectivity index (χ4v) is 3.91. The molecule has 168 valence electrons. The van der Waals surface area contributed by atoms with Crippen LogP contribution in [-0.4, -0.2) is 41.7 Å². The van der Waals surface area contributed by atoms with Crippen molar-refractivity contribution >= 4 is 23.6 Å². The molecule has 2 atom stereocenters. The quantitative estimate of drug-likeness (QED) is 0.554. The zero-order valence-corrected chi connectivity index (χ0v) is 20.0. The van der Waals surface area contributed by atoms with Crippen LogP contribution in [-0.2, 0) is 21.9 Å². The maximum atomic E-state index is 13.1. The number of hydrogen-bond donors (Lipinski definition) is 1. The molecule has 0 saturated carbocycles. The van der Waals surface area contributed by atoms with E-state index in [4.69, 9.17) is 4.74 Å². The normalized spacial score (nSPS) is 12.7. The summed E-state index contributed by atoms with van der Waals surface area (Å²) in [5.41, 5.74) is 3.33. The molecule has 0 radical (unpaired) electrons. The third kappa shape index (κ3) is 7.94. The molecular weight excluding hydrogens is 408 g/mol. The summed E-state index contributed by atoms with van der Waals surface area (Å²) in [6, 6.07) is 15.4. The number of carbonyl (C=O) groups is 2. The minimum atomic E-state index is -0.562. The van der Waals surface area contributed by atoms with Crippen molar-refractivity contribution in [3.63, 3.8) is 0 Å². The van der Waals surface area contributed by atoms with Gasteiger partial charge in [0.15, 0.2) is 0 Å². The highest BCUT2D eigenvalue weighted by atomic mass is 32.2. The zero-order chi connectivity index (χ0) is 22.8. The van der Waals surface area contributed by atoms with Gasteiger partial charge in [0.25, 0.3) is 0 Å². The second kappa shape index (κ2) is 12.4. The van der Waals surface area contributed by atoms with Crippen molar-refractivity contribution in [2.45, 2.75) is 58.5 Å². The van der Waals surface area contributed by atoms with Crippen molar-refractivity contribution in [3.8, 4) is 5.75 Å². The van der Waals surface area contributed by atoms with Crippen LogP contribution < -0.4 is 10.1 Å². The van der Waals surface area contributed by atoms with E-state index in [0.717, 1.165) is 23.5 Å². The number of aryl methyl sites for hydroxylation is 1. The third-order valence-corrected chi connectivity index (χ3v) is 6.26. The van der Waals surface area contributed by atoms with Crippen molar-refractivity contribution in [3.05, 3.63) is 65.2 Å². The molecule has 0 unspecified atom stereocenters. The lowest BCUT2D eigenvalue weighted by atomic mass is 10.1. The topological polar surface area (TPSA) is 58.6 Å². The highest BCUT2D eigenvalue weighted by molar-refractivity contribution is 7.99. The van der Waals surface area contributed by atoms with Crippen LogP contribution in [0.4, 0.5) is 0 Å². The van der Waals surface area contributed by atoms with E-state index in [1.54, 1.807) is 30.7 Å². The Morgan fingerprint density at radius 3 is 2.45 bits per heavy atom. The number of hydrogen-bond acceptors (Lipinski definition) is 4. The van der Waals surface area contributed by atoms with E-state index in [1.165, 1.54) is 11.1 Å². The molecule has 1 N–H and O–H groups in total. The van der Waals surface area contributed by atoms with Gasteiger partial charge in [-0.3, -0.25) is 9.59 Å². The maximum Gasteiger partial charge on any atom is 0.242 e. The Kier molecular flexibility index (Phi) is 9.92. The van der Waals surface area contributed by atoms with Gasteiger partial charge in [0, 0.05) is 18.3 Å². The van der Waals surface area contributed by atoms with Gasteiger partial charge < -0.3 is 15.0 Å². The van der Waals surface area contributed by atoms with Gasteiger partial charge in [0.05, 0.1) is 12.9 Å². The number of methoxy groups -OCH3 is 1. The van der Waals surface area contributed by atoms with Gasteiger partial charge in [-0.2, -0.15) is 0 Å². The van der Waals surface area contributed by atoms with Crippen LogP contribution in [0, 0.1) is 6.92 Å². The number of benzene rings is 2. The van der Waals surface area contributed by atoms with Gasteiger partial charge in [-0.25, -0.2) is 0 Å². The van der Waals surface area contributed by atoms with Gasteiger partial charge in [-0.05, 0) is 50.5 Å². The SMILES string of the molecule is CC[C@H](C)NC(=O)[C@@H](C)N(Cc1cccc(OC)c1)C(=O)CSCc1ccc(C)cc1. The lowest BCUT2D eigenvalue weighted by Crippen LogP contribution is -2.50. The number of nitrogens with zero attached hydrogens (tertiary/aromatic N) is 1. The highest BCUT2D eigenvalue weighted by Crippen LogP contribution is 2.19. The minimum absolute atomic E-state index is 0.0493. The lowest BCUT2D eigenvalue weighted by molar-refractivity contribution is -0.138. The van der Waals surface area contributed by atoms with E-state index in [-0.39, 0.29) is 17.9 Å². The Labute approximate surface area is 190 Å². The second-order valence-electron chi connectivity index (χ2n) is 7.85. The molecule has 2 rings (SSSR count). The van der Waals surface area contributed by atoms with Crippen molar-refractivity contribution in [2.75, 3.05) is 12.9 Å². The van der Waals surface area contributed by atoms with Crippen LogP contribution >= 0.6 is 11.8 Å². The maximum absolute atomic E-state index is 13.1. The first kappa shape index (κ1) is 24.8. The molecule has 0 saturated heterocycles. The van der Waals surface area contributed by atoms with E-state index in [1.807, 2.05) is 38.1 Å². The average molecular weight is 443 g/mol. The first-order valence-electron chi connectivity index (χ1n) is 10.7. The van der Waals surface area contributed by atoms with Crippen LogP contribution in [0.15, 0.2) is 48.5 Å². The fraction of sp³-hybridized carbons (Fsp3) is 0.440. The zero-order valence-electron chi connectivity index (χ0n) is 19.2.